The van der Waals surface area contributed by atoms with Gasteiger partial charge in [-0.2, -0.15) is 13.9 Å². The Morgan fingerprint density at radius 3 is 2.55 bits per heavy atom. The van der Waals surface area contributed by atoms with E-state index in [2.05, 4.69) is 17.2 Å². The maximum Gasteiger partial charge on any atom is 0.299 e. The van der Waals surface area contributed by atoms with Gasteiger partial charge in [0, 0.05) is 18.3 Å². The van der Waals surface area contributed by atoms with E-state index in [0.717, 1.165) is 11.3 Å². The van der Waals surface area contributed by atoms with E-state index in [1.807, 2.05) is 30.3 Å². The molecule has 0 aliphatic rings. The smallest absolute Gasteiger partial charge is 0.266 e. The van der Waals surface area contributed by atoms with E-state index in [4.69, 9.17) is 0 Å². The second kappa shape index (κ2) is 5.90. The topological polar surface area (TPSA) is 17.8 Å². The first-order valence-electron chi connectivity index (χ1n) is 6.78. The number of benzene rings is 1. The molecule has 114 valence electrons. The second-order valence-corrected chi connectivity index (χ2v) is 6.98. The molecule has 0 radical (unpaired) electrons. The van der Waals surface area contributed by atoms with E-state index < -0.39 is 5.66 Å². The number of nitrogens with zero attached hydrogens (tertiary/aromatic N) is 2. The highest BCUT2D eigenvalue weighted by molar-refractivity contribution is 7.17. The minimum absolute atomic E-state index is 0.106. The van der Waals surface area contributed by atoms with Crippen molar-refractivity contribution in [2.45, 2.75) is 12.1 Å². The summed E-state index contributed by atoms with van der Waals surface area (Å²) in [6.45, 7) is 0. The molecule has 2 nitrogen and oxygen atoms in total. The number of hydrogen-bond donors (Lipinski definition) is 0. The van der Waals surface area contributed by atoms with Gasteiger partial charge in [-0.25, -0.2) is 0 Å². The normalized spacial score (nSPS) is 11.8. The Balaban J connectivity index is 1.85. The Labute approximate surface area is 134 Å². The van der Waals surface area contributed by atoms with Gasteiger partial charge in [0.25, 0.3) is 5.66 Å². The SMILES string of the molecule is Cn1nc(-c2ccc(Cc3ccccc3)s2)cc1C(F)(F)P. The standard InChI is InChI=1S/C16H15F2N2PS/c1-20-15(16(17,18)21)10-13(19-20)14-8-7-12(22-14)9-11-5-3-2-4-6-11/h2-8,10H,9,21H2,1H3. The molecule has 0 saturated carbocycles. The molecule has 0 aliphatic heterocycles. The summed E-state index contributed by atoms with van der Waals surface area (Å²) >= 11 is 1.59. The van der Waals surface area contributed by atoms with Gasteiger partial charge in [-0.05, 0) is 23.8 Å². The van der Waals surface area contributed by atoms with E-state index >= 15 is 0 Å². The Morgan fingerprint density at radius 2 is 1.91 bits per heavy atom. The van der Waals surface area contributed by atoms with Crippen molar-refractivity contribution in [1.29, 1.82) is 0 Å². The summed E-state index contributed by atoms with van der Waals surface area (Å²) in [5.41, 5.74) is -1.26. The van der Waals surface area contributed by atoms with Crippen LogP contribution in [-0.4, -0.2) is 9.78 Å². The molecule has 1 unspecified atom stereocenters. The van der Waals surface area contributed by atoms with Gasteiger partial charge in [-0.1, -0.05) is 39.6 Å². The Hall–Kier alpha value is -1.58. The fourth-order valence-corrected chi connectivity index (χ4v) is 3.58. The number of hydrogen-bond acceptors (Lipinski definition) is 2. The molecular formula is C16H15F2N2PS. The van der Waals surface area contributed by atoms with Gasteiger partial charge < -0.3 is 0 Å². The monoisotopic (exact) mass is 336 g/mol. The van der Waals surface area contributed by atoms with E-state index in [9.17, 15) is 8.78 Å². The van der Waals surface area contributed by atoms with Gasteiger partial charge in [0.1, 0.15) is 11.4 Å². The molecule has 0 spiro atoms. The summed E-state index contributed by atoms with van der Waals surface area (Å²) in [4.78, 5) is 2.09. The molecule has 1 atom stereocenters. The molecule has 1 aromatic carbocycles. The third kappa shape index (κ3) is 3.26. The van der Waals surface area contributed by atoms with Crippen molar-refractivity contribution < 1.29 is 8.78 Å². The average Bonchev–Trinajstić information content (AvgIpc) is 3.06. The Kier molecular flexibility index (Phi) is 4.11. The van der Waals surface area contributed by atoms with Crippen molar-refractivity contribution in [2.24, 2.45) is 7.05 Å². The van der Waals surface area contributed by atoms with Gasteiger partial charge in [0.2, 0.25) is 0 Å². The second-order valence-electron chi connectivity index (χ2n) is 5.09. The third-order valence-corrected chi connectivity index (χ3v) is 4.76. The number of halogens is 2. The summed E-state index contributed by atoms with van der Waals surface area (Å²) < 4.78 is 28.1. The van der Waals surface area contributed by atoms with Crippen LogP contribution in [0.1, 0.15) is 16.1 Å². The van der Waals surface area contributed by atoms with Crippen LogP contribution < -0.4 is 0 Å². The van der Waals surface area contributed by atoms with Crippen molar-refractivity contribution in [3.63, 3.8) is 0 Å². The van der Waals surface area contributed by atoms with Crippen LogP contribution in [0.4, 0.5) is 8.78 Å². The lowest BCUT2D eigenvalue weighted by Gasteiger charge is -2.08. The van der Waals surface area contributed by atoms with Crippen LogP contribution in [0.2, 0.25) is 0 Å². The minimum atomic E-state index is -2.97. The Morgan fingerprint density at radius 1 is 1.18 bits per heavy atom. The first-order chi connectivity index (χ1) is 10.4. The average molecular weight is 336 g/mol. The maximum atomic E-state index is 13.4. The number of alkyl halides is 2. The number of thiophene rings is 1. The summed E-state index contributed by atoms with van der Waals surface area (Å²) in [6.07, 6.45) is 0.838. The molecule has 2 heterocycles. The fourth-order valence-electron chi connectivity index (χ4n) is 2.31. The quantitative estimate of drug-likeness (QED) is 0.634. The molecule has 0 N–H and O–H groups in total. The van der Waals surface area contributed by atoms with Crippen molar-refractivity contribution >= 4 is 20.6 Å². The molecule has 3 aromatic rings. The first kappa shape index (κ1) is 15.3. The van der Waals surface area contributed by atoms with E-state index in [-0.39, 0.29) is 5.69 Å². The van der Waals surface area contributed by atoms with Gasteiger partial charge in [0.15, 0.2) is 0 Å². The van der Waals surface area contributed by atoms with Crippen molar-refractivity contribution in [3.05, 3.63) is 64.7 Å². The molecule has 0 aliphatic carbocycles. The van der Waals surface area contributed by atoms with Gasteiger partial charge in [0.05, 0.1) is 4.88 Å². The molecule has 2 aromatic heterocycles. The lowest BCUT2D eigenvalue weighted by Crippen LogP contribution is -2.09. The molecule has 0 amide bonds. The fraction of sp³-hybridized carbons (Fsp3) is 0.188. The molecule has 22 heavy (non-hydrogen) atoms. The predicted molar refractivity (Wildman–Crippen MR) is 89.4 cm³/mol. The zero-order valence-corrected chi connectivity index (χ0v) is 13.9. The zero-order chi connectivity index (χ0) is 15.7. The maximum absolute atomic E-state index is 13.4. The minimum Gasteiger partial charge on any atom is -0.266 e. The highest BCUT2D eigenvalue weighted by atomic mass is 32.1. The van der Waals surface area contributed by atoms with Crippen LogP contribution in [0.5, 0.6) is 0 Å². The lowest BCUT2D eigenvalue weighted by atomic mass is 10.1. The van der Waals surface area contributed by atoms with Gasteiger partial charge >= 0.3 is 0 Å². The van der Waals surface area contributed by atoms with Crippen LogP contribution >= 0.6 is 20.6 Å². The molecule has 0 fully saturated rings. The number of rotatable bonds is 4. The largest absolute Gasteiger partial charge is 0.299 e. The van der Waals surface area contributed by atoms with Gasteiger partial charge in [-0.3, -0.25) is 4.68 Å². The third-order valence-electron chi connectivity index (χ3n) is 3.36. The number of aromatic nitrogens is 2. The molecular weight excluding hydrogens is 321 g/mol. The number of aryl methyl sites for hydroxylation is 1. The Bertz CT molecular complexity index is 775. The van der Waals surface area contributed by atoms with Gasteiger partial charge in [-0.15, -0.1) is 11.3 Å². The summed E-state index contributed by atoms with van der Waals surface area (Å²) in [7, 11) is 3.09. The van der Waals surface area contributed by atoms with E-state index in [0.29, 0.717) is 5.69 Å². The highest BCUT2D eigenvalue weighted by Crippen LogP contribution is 2.37. The van der Waals surface area contributed by atoms with Crippen LogP contribution in [0.3, 0.4) is 0 Å². The van der Waals surface area contributed by atoms with Crippen molar-refractivity contribution in [2.75, 3.05) is 0 Å². The summed E-state index contributed by atoms with van der Waals surface area (Å²) in [5.74, 6) is 0. The van der Waals surface area contributed by atoms with Crippen molar-refractivity contribution in [1.82, 2.24) is 9.78 Å². The molecule has 3 rings (SSSR count). The zero-order valence-electron chi connectivity index (χ0n) is 12.0. The van der Waals surface area contributed by atoms with Crippen LogP contribution in [-0.2, 0) is 19.1 Å². The van der Waals surface area contributed by atoms with Crippen LogP contribution in [0, 0.1) is 0 Å². The molecule has 0 bridgehead atoms. The lowest BCUT2D eigenvalue weighted by molar-refractivity contribution is 0.0938. The predicted octanol–water partition coefficient (Wildman–Crippen LogP) is 4.66. The first-order valence-corrected chi connectivity index (χ1v) is 8.17. The van der Waals surface area contributed by atoms with E-state index in [1.54, 1.807) is 20.6 Å². The summed E-state index contributed by atoms with van der Waals surface area (Å²) in [5, 5.41) is 4.20. The van der Waals surface area contributed by atoms with E-state index in [1.165, 1.54) is 28.2 Å². The van der Waals surface area contributed by atoms with Crippen LogP contribution in [0.15, 0.2) is 48.5 Å². The molecule has 6 heteroatoms. The van der Waals surface area contributed by atoms with Crippen molar-refractivity contribution in [3.8, 4) is 10.6 Å². The van der Waals surface area contributed by atoms with Crippen LogP contribution in [0.25, 0.3) is 10.6 Å². The highest BCUT2D eigenvalue weighted by Gasteiger charge is 2.29. The summed E-state index contributed by atoms with van der Waals surface area (Å²) in [6, 6.07) is 15.6. The molecule has 0 saturated heterocycles.